The van der Waals surface area contributed by atoms with Crippen molar-refractivity contribution in [3.8, 4) is 0 Å². The van der Waals surface area contributed by atoms with Crippen molar-refractivity contribution >= 4 is 5.91 Å². The summed E-state index contributed by atoms with van der Waals surface area (Å²) in [5.74, 6) is 1.22. The highest BCUT2D eigenvalue weighted by Gasteiger charge is 2.30. The van der Waals surface area contributed by atoms with Crippen LogP contribution in [-0.2, 0) is 11.3 Å². The topological polar surface area (TPSA) is 89.5 Å². The van der Waals surface area contributed by atoms with Gasteiger partial charge in [0.05, 0.1) is 25.5 Å². The number of carbonyl (C=O) groups is 1. The first kappa shape index (κ1) is 21.3. The molecule has 1 aliphatic heterocycles. The van der Waals surface area contributed by atoms with Gasteiger partial charge in [0.15, 0.2) is 11.6 Å². The number of hydrogen-bond acceptors (Lipinski definition) is 7. The van der Waals surface area contributed by atoms with E-state index in [-0.39, 0.29) is 24.4 Å². The van der Waals surface area contributed by atoms with Crippen molar-refractivity contribution < 1.29 is 26.4 Å². The van der Waals surface area contributed by atoms with Crippen LogP contribution in [0.2, 0.25) is 0 Å². The van der Waals surface area contributed by atoms with Crippen LogP contribution in [0.5, 0.6) is 0 Å². The SMILES string of the molecule is CCCC(c1nnnn1CCOC)N1CCN(C(=O)c2ccco2)CC1.[Cl-]. The Morgan fingerprint density at radius 2 is 2.11 bits per heavy atom. The molecule has 1 unspecified atom stereocenters. The first-order valence-corrected chi connectivity index (χ1v) is 9.06. The molecule has 0 spiro atoms. The number of rotatable bonds is 8. The van der Waals surface area contributed by atoms with Gasteiger partial charge in [-0.05, 0) is 29.0 Å². The summed E-state index contributed by atoms with van der Waals surface area (Å²) in [6.45, 7) is 6.27. The van der Waals surface area contributed by atoms with Crippen molar-refractivity contribution in [1.29, 1.82) is 0 Å². The highest BCUT2D eigenvalue weighted by atomic mass is 35.5. The van der Waals surface area contributed by atoms with E-state index >= 15 is 0 Å². The Labute approximate surface area is 165 Å². The van der Waals surface area contributed by atoms with Crippen molar-refractivity contribution in [3.05, 3.63) is 30.0 Å². The van der Waals surface area contributed by atoms with Crippen molar-refractivity contribution in [2.24, 2.45) is 0 Å². The van der Waals surface area contributed by atoms with Gasteiger partial charge in [-0.1, -0.05) is 13.3 Å². The van der Waals surface area contributed by atoms with Crippen LogP contribution >= 0.6 is 0 Å². The lowest BCUT2D eigenvalue weighted by Gasteiger charge is -2.38. The lowest BCUT2D eigenvalue weighted by molar-refractivity contribution is -0.0000168. The molecule has 1 amide bonds. The maximum Gasteiger partial charge on any atom is 0.289 e. The van der Waals surface area contributed by atoms with Gasteiger partial charge in [-0.2, -0.15) is 0 Å². The number of halogens is 1. The van der Waals surface area contributed by atoms with Crippen molar-refractivity contribution in [2.45, 2.75) is 32.4 Å². The zero-order valence-electron chi connectivity index (χ0n) is 15.8. The Bertz CT molecular complexity index is 685. The van der Waals surface area contributed by atoms with Crippen molar-refractivity contribution in [3.63, 3.8) is 0 Å². The fraction of sp³-hybridized carbons (Fsp3) is 0.647. The summed E-state index contributed by atoms with van der Waals surface area (Å²) in [6.07, 6.45) is 3.54. The van der Waals surface area contributed by atoms with E-state index in [0.29, 0.717) is 32.0 Å². The third kappa shape index (κ3) is 5.06. The maximum atomic E-state index is 12.4. The Balaban J connectivity index is 0.00000261. The fourth-order valence-corrected chi connectivity index (χ4v) is 3.33. The summed E-state index contributed by atoms with van der Waals surface area (Å²) in [5.41, 5.74) is 0. The molecule has 1 saturated heterocycles. The predicted molar refractivity (Wildman–Crippen MR) is 93.5 cm³/mol. The molecule has 3 rings (SSSR count). The number of piperazine rings is 1. The third-order valence-corrected chi connectivity index (χ3v) is 4.70. The second kappa shape index (κ2) is 10.4. The molecule has 2 aromatic rings. The Morgan fingerprint density at radius 3 is 2.74 bits per heavy atom. The van der Waals surface area contributed by atoms with Gasteiger partial charge in [-0.3, -0.25) is 9.69 Å². The van der Waals surface area contributed by atoms with E-state index in [0.717, 1.165) is 31.8 Å². The molecular weight excluding hydrogens is 372 g/mol. The number of amides is 1. The molecular formula is C17H26ClN6O3-. The van der Waals surface area contributed by atoms with Crippen LogP contribution < -0.4 is 12.4 Å². The van der Waals surface area contributed by atoms with E-state index in [2.05, 4.69) is 27.3 Å². The molecule has 0 radical (unpaired) electrons. The molecule has 150 valence electrons. The molecule has 0 aliphatic carbocycles. The van der Waals surface area contributed by atoms with Gasteiger partial charge >= 0.3 is 0 Å². The molecule has 3 heterocycles. The van der Waals surface area contributed by atoms with E-state index < -0.39 is 0 Å². The molecule has 0 aromatic carbocycles. The molecule has 9 nitrogen and oxygen atoms in total. The summed E-state index contributed by atoms with van der Waals surface area (Å²) in [7, 11) is 1.67. The van der Waals surface area contributed by atoms with Gasteiger partial charge in [-0.25, -0.2) is 4.68 Å². The number of furan rings is 1. The van der Waals surface area contributed by atoms with Crippen molar-refractivity contribution in [1.82, 2.24) is 30.0 Å². The molecule has 2 aromatic heterocycles. The average molecular weight is 398 g/mol. The van der Waals surface area contributed by atoms with Gasteiger partial charge in [0, 0.05) is 33.3 Å². The summed E-state index contributed by atoms with van der Waals surface area (Å²) in [4.78, 5) is 16.6. The minimum atomic E-state index is -0.0494. The minimum absolute atomic E-state index is 0. The minimum Gasteiger partial charge on any atom is -1.00 e. The average Bonchev–Trinajstić information content (AvgIpc) is 3.36. The molecule has 0 N–H and O–H groups in total. The standard InChI is InChI=1S/C17H26N6O3.ClH/c1-3-5-14(16-18-19-20-23(16)11-13-25-2)21-7-9-22(10-8-21)17(24)15-6-4-12-26-15;/h4,6,12,14H,3,5,7-11,13H2,1-2H3;1H/p-1. The van der Waals surface area contributed by atoms with Crippen molar-refractivity contribution in [2.75, 3.05) is 39.9 Å². The highest BCUT2D eigenvalue weighted by molar-refractivity contribution is 5.91. The normalized spacial score (nSPS) is 16.1. The summed E-state index contributed by atoms with van der Waals surface area (Å²) >= 11 is 0. The monoisotopic (exact) mass is 397 g/mol. The zero-order chi connectivity index (χ0) is 18.4. The van der Waals surface area contributed by atoms with Gasteiger partial charge in [-0.15, -0.1) is 5.10 Å². The van der Waals surface area contributed by atoms with Crippen LogP contribution in [0.1, 0.15) is 42.2 Å². The fourth-order valence-electron chi connectivity index (χ4n) is 3.33. The summed E-state index contributed by atoms with van der Waals surface area (Å²) in [5, 5.41) is 12.2. The van der Waals surface area contributed by atoms with E-state index in [9.17, 15) is 4.79 Å². The Morgan fingerprint density at radius 1 is 1.33 bits per heavy atom. The first-order chi connectivity index (χ1) is 12.7. The molecule has 10 heteroatoms. The second-order valence-electron chi connectivity index (χ2n) is 6.36. The van der Waals surface area contributed by atoms with Crippen LogP contribution in [0.3, 0.4) is 0 Å². The van der Waals surface area contributed by atoms with E-state index in [1.807, 2.05) is 9.58 Å². The molecule has 0 saturated carbocycles. The van der Waals surface area contributed by atoms with Crippen LogP contribution in [0.15, 0.2) is 22.8 Å². The lowest BCUT2D eigenvalue weighted by atomic mass is 10.1. The van der Waals surface area contributed by atoms with Crippen LogP contribution in [-0.4, -0.2) is 75.8 Å². The molecule has 1 atom stereocenters. The number of carbonyl (C=O) groups excluding carboxylic acids is 1. The summed E-state index contributed by atoms with van der Waals surface area (Å²) < 4.78 is 12.2. The van der Waals surface area contributed by atoms with Gasteiger partial charge in [0.1, 0.15) is 0 Å². The molecule has 0 bridgehead atoms. The van der Waals surface area contributed by atoms with Crippen LogP contribution in [0.25, 0.3) is 0 Å². The maximum absolute atomic E-state index is 12.4. The van der Waals surface area contributed by atoms with Crippen LogP contribution in [0, 0.1) is 0 Å². The third-order valence-electron chi connectivity index (χ3n) is 4.70. The van der Waals surface area contributed by atoms with Crippen LogP contribution in [0.4, 0.5) is 0 Å². The quantitative estimate of drug-likeness (QED) is 0.520. The number of ether oxygens (including phenoxy) is 1. The van der Waals surface area contributed by atoms with Gasteiger partial charge in [0.25, 0.3) is 5.91 Å². The largest absolute Gasteiger partial charge is 1.00 e. The Kier molecular flexibility index (Phi) is 8.21. The van der Waals surface area contributed by atoms with E-state index in [1.54, 1.807) is 19.2 Å². The number of nitrogens with zero attached hydrogens (tertiary/aromatic N) is 6. The summed E-state index contributed by atoms with van der Waals surface area (Å²) in [6, 6.07) is 3.59. The van der Waals surface area contributed by atoms with E-state index in [4.69, 9.17) is 9.15 Å². The molecule has 1 fully saturated rings. The van der Waals surface area contributed by atoms with E-state index in [1.165, 1.54) is 6.26 Å². The highest BCUT2D eigenvalue weighted by Crippen LogP contribution is 2.25. The Hall–Kier alpha value is -1.97. The molecule has 27 heavy (non-hydrogen) atoms. The first-order valence-electron chi connectivity index (χ1n) is 9.06. The lowest BCUT2D eigenvalue weighted by Crippen LogP contribution is -3.00. The molecule has 1 aliphatic rings. The zero-order valence-corrected chi connectivity index (χ0v) is 16.5. The van der Waals surface area contributed by atoms with Gasteiger partial charge < -0.3 is 26.5 Å². The number of hydrogen-bond donors (Lipinski definition) is 0. The number of tetrazole rings is 1. The second-order valence-corrected chi connectivity index (χ2v) is 6.36. The predicted octanol–water partition coefficient (Wildman–Crippen LogP) is -1.78. The number of aromatic nitrogens is 4. The van der Waals surface area contributed by atoms with Gasteiger partial charge in [0.2, 0.25) is 0 Å². The number of methoxy groups -OCH3 is 1. The smallest absolute Gasteiger partial charge is 0.289 e.